The summed E-state index contributed by atoms with van der Waals surface area (Å²) in [4.78, 5) is 6.71. The van der Waals surface area contributed by atoms with Crippen LogP contribution in [0, 0.1) is 6.92 Å². The summed E-state index contributed by atoms with van der Waals surface area (Å²) >= 11 is 5.79. The lowest BCUT2D eigenvalue weighted by molar-refractivity contribution is 0.394. The molecule has 0 bridgehead atoms. The van der Waals surface area contributed by atoms with E-state index in [1.54, 1.807) is 14.2 Å². The molecule has 0 unspecified atom stereocenters. The minimum atomic E-state index is -0.0940. The topological polar surface area (TPSA) is 51.5 Å². The largest absolute Gasteiger partial charge is 0.497 e. The van der Waals surface area contributed by atoms with Crippen LogP contribution in [0.3, 0.4) is 0 Å². The fourth-order valence-electron chi connectivity index (χ4n) is 3.83. The highest BCUT2D eigenvalue weighted by Crippen LogP contribution is 2.45. The average molecular weight is 409 g/mol. The molecule has 3 aromatic rings. The molecular weight excluding hydrogens is 384 g/mol. The molecule has 1 saturated heterocycles. The van der Waals surface area contributed by atoms with Gasteiger partial charge < -0.3 is 24.3 Å². The van der Waals surface area contributed by atoms with Crippen molar-refractivity contribution in [1.29, 1.82) is 0 Å². The summed E-state index contributed by atoms with van der Waals surface area (Å²) in [6, 6.07) is 15.8. The summed E-state index contributed by atoms with van der Waals surface area (Å²) in [6.07, 6.45) is 1.81. The van der Waals surface area contributed by atoms with Crippen molar-refractivity contribution < 1.29 is 9.47 Å². The van der Waals surface area contributed by atoms with E-state index >= 15 is 0 Å². The molecule has 0 spiro atoms. The molecule has 6 nitrogen and oxygen atoms in total. The number of pyridine rings is 1. The van der Waals surface area contributed by atoms with Crippen LogP contribution in [0.4, 0.5) is 5.69 Å². The lowest BCUT2D eigenvalue weighted by Crippen LogP contribution is -2.30. The van der Waals surface area contributed by atoms with E-state index in [0.29, 0.717) is 10.9 Å². The van der Waals surface area contributed by atoms with Crippen molar-refractivity contribution in [3.8, 4) is 11.5 Å². The molecule has 2 aromatic heterocycles. The molecule has 2 atom stereocenters. The normalized spacial score (nSPS) is 18.6. The zero-order valence-corrected chi connectivity index (χ0v) is 17.7. The Labute approximate surface area is 176 Å². The van der Waals surface area contributed by atoms with E-state index < -0.39 is 0 Å². The number of hydrogen-bond donors (Lipinski definition) is 1. The van der Waals surface area contributed by atoms with Gasteiger partial charge in [-0.05, 0) is 55.5 Å². The second-order valence-corrected chi connectivity index (χ2v) is 7.38. The van der Waals surface area contributed by atoms with Gasteiger partial charge in [0.15, 0.2) is 5.11 Å². The van der Waals surface area contributed by atoms with Crippen molar-refractivity contribution in [3.63, 3.8) is 0 Å². The summed E-state index contributed by atoms with van der Waals surface area (Å²) in [5.41, 5.74) is 4.14. The standard InChI is InChI=1S/C22H24N4O2S/c1-14-8-10-18(25(14)2)21-20(16-7-5-6-12-23-16)24-22(29)26(21)17-11-9-15(27-3)13-19(17)28-4/h5-13,20-21H,1-4H3,(H,24,29)/t20-,21-/m0/s1. The molecule has 0 saturated carbocycles. The third kappa shape index (κ3) is 3.31. The second kappa shape index (κ2) is 7.75. The molecule has 1 aliphatic rings. The van der Waals surface area contributed by atoms with Crippen LogP contribution in [0.15, 0.2) is 54.7 Å². The monoisotopic (exact) mass is 408 g/mol. The molecule has 3 heterocycles. The molecule has 29 heavy (non-hydrogen) atoms. The molecule has 0 aliphatic carbocycles. The number of aryl methyl sites for hydroxylation is 1. The summed E-state index contributed by atoms with van der Waals surface area (Å²) in [5.74, 6) is 1.43. The van der Waals surface area contributed by atoms with E-state index in [1.165, 1.54) is 5.69 Å². The zero-order valence-electron chi connectivity index (χ0n) is 16.9. The van der Waals surface area contributed by atoms with Crippen molar-refractivity contribution in [1.82, 2.24) is 14.9 Å². The lowest BCUT2D eigenvalue weighted by Gasteiger charge is -2.29. The number of benzene rings is 1. The van der Waals surface area contributed by atoms with Gasteiger partial charge in [-0.15, -0.1) is 0 Å². The van der Waals surface area contributed by atoms with Crippen LogP contribution in [0.25, 0.3) is 0 Å². The number of methoxy groups -OCH3 is 2. The molecule has 1 N–H and O–H groups in total. The molecule has 4 rings (SSSR count). The van der Waals surface area contributed by atoms with Gasteiger partial charge in [0.25, 0.3) is 0 Å². The number of ether oxygens (including phenoxy) is 2. The summed E-state index contributed by atoms with van der Waals surface area (Å²) in [6.45, 7) is 2.10. The lowest BCUT2D eigenvalue weighted by atomic mass is 10.0. The fourth-order valence-corrected chi connectivity index (χ4v) is 4.17. The summed E-state index contributed by atoms with van der Waals surface area (Å²) in [7, 11) is 5.37. The second-order valence-electron chi connectivity index (χ2n) is 6.99. The first-order chi connectivity index (χ1) is 14.0. The number of thiocarbonyl (C=S) groups is 1. The van der Waals surface area contributed by atoms with Crippen LogP contribution >= 0.6 is 12.2 Å². The van der Waals surface area contributed by atoms with Crippen molar-refractivity contribution in [2.24, 2.45) is 7.05 Å². The Morgan fingerprint density at radius 2 is 1.90 bits per heavy atom. The molecule has 1 aliphatic heterocycles. The highest BCUT2D eigenvalue weighted by molar-refractivity contribution is 7.80. The van der Waals surface area contributed by atoms with Gasteiger partial charge >= 0.3 is 0 Å². The minimum Gasteiger partial charge on any atom is -0.497 e. The van der Waals surface area contributed by atoms with Crippen LogP contribution < -0.4 is 19.7 Å². The van der Waals surface area contributed by atoms with E-state index in [2.05, 4.69) is 45.9 Å². The number of nitrogens with one attached hydrogen (secondary N) is 1. The molecule has 7 heteroatoms. The number of aromatic nitrogens is 2. The number of hydrogen-bond acceptors (Lipinski definition) is 4. The Hall–Kier alpha value is -3.06. The Balaban J connectivity index is 1.88. The minimum absolute atomic E-state index is 0.0848. The van der Waals surface area contributed by atoms with E-state index in [-0.39, 0.29) is 12.1 Å². The fraction of sp³-hybridized carbons (Fsp3) is 0.273. The van der Waals surface area contributed by atoms with E-state index in [0.717, 1.165) is 22.8 Å². The SMILES string of the molecule is COc1ccc(N2C(=S)N[C@@H](c3ccccn3)[C@@H]2c2ccc(C)n2C)c(OC)c1. The third-order valence-electron chi connectivity index (χ3n) is 5.46. The third-order valence-corrected chi connectivity index (χ3v) is 5.77. The van der Waals surface area contributed by atoms with Crippen LogP contribution in [0.1, 0.15) is 29.2 Å². The summed E-state index contributed by atoms with van der Waals surface area (Å²) < 4.78 is 13.2. The number of rotatable bonds is 5. The highest BCUT2D eigenvalue weighted by atomic mass is 32.1. The molecule has 1 fully saturated rings. The first-order valence-corrected chi connectivity index (χ1v) is 9.81. The van der Waals surface area contributed by atoms with Gasteiger partial charge in [0, 0.05) is 30.7 Å². The van der Waals surface area contributed by atoms with Gasteiger partial charge in [-0.3, -0.25) is 4.98 Å². The van der Waals surface area contributed by atoms with Crippen LogP contribution in [-0.4, -0.2) is 28.9 Å². The molecular formula is C22H24N4O2S. The maximum absolute atomic E-state index is 5.79. The van der Waals surface area contributed by atoms with Crippen LogP contribution in [0.5, 0.6) is 11.5 Å². The average Bonchev–Trinajstić information content (AvgIpc) is 3.26. The smallest absolute Gasteiger partial charge is 0.174 e. The molecule has 150 valence electrons. The summed E-state index contributed by atoms with van der Waals surface area (Å²) in [5, 5.41) is 4.11. The Morgan fingerprint density at radius 1 is 1.07 bits per heavy atom. The predicted molar refractivity (Wildman–Crippen MR) is 118 cm³/mol. The predicted octanol–water partition coefficient (Wildman–Crippen LogP) is 3.92. The van der Waals surface area contributed by atoms with E-state index in [1.807, 2.05) is 42.6 Å². The van der Waals surface area contributed by atoms with Gasteiger partial charge in [-0.25, -0.2) is 0 Å². The van der Waals surface area contributed by atoms with Gasteiger partial charge in [-0.1, -0.05) is 6.07 Å². The van der Waals surface area contributed by atoms with Crippen molar-refractivity contribution >= 4 is 23.0 Å². The van der Waals surface area contributed by atoms with E-state index in [4.69, 9.17) is 21.7 Å². The van der Waals surface area contributed by atoms with Crippen LogP contribution in [-0.2, 0) is 7.05 Å². The Bertz CT molecular complexity index is 1030. The van der Waals surface area contributed by atoms with Crippen molar-refractivity contribution in [2.75, 3.05) is 19.1 Å². The van der Waals surface area contributed by atoms with Gasteiger partial charge in [0.05, 0.1) is 31.6 Å². The Kier molecular flexibility index (Phi) is 5.15. The van der Waals surface area contributed by atoms with Gasteiger partial charge in [0.1, 0.15) is 17.5 Å². The quantitative estimate of drug-likeness (QED) is 0.646. The maximum Gasteiger partial charge on any atom is 0.174 e. The van der Waals surface area contributed by atoms with E-state index in [9.17, 15) is 0 Å². The van der Waals surface area contributed by atoms with Crippen LogP contribution in [0.2, 0.25) is 0 Å². The molecule has 1 aromatic carbocycles. The Morgan fingerprint density at radius 3 is 2.52 bits per heavy atom. The highest BCUT2D eigenvalue weighted by Gasteiger charge is 2.43. The molecule has 0 radical (unpaired) electrons. The maximum atomic E-state index is 5.79. The van der Waals surface area contributed by atoms with Crippen molar-refractivity contribution in [3.05, 3.63) is 71.8 Å². The molecule has 0 amide bonds. The van der Waals surface area contributed by atoms with Crippen molar-refractivity contribution in [2.45, 2.75) is 19.0 Å². The van der Waals surface area contributed by atoms with Gasteiger partial charge in [0.2, 0.25) is 0 Å². The first kappa shape index (κ1) is 19.3. The first-order valence-electron chi connectivity index (χ1n) is 9.40. The number of nitrogens with zero attached hydrogens (tertiary/aromatic N) is 3. The zero-order chi connectivity index (χ0) is 20.5. The van der Waals surface area contributed by atoms with Gasteiger partial charge in [-0.2, -0.15) is 0 Å². The number of anilines is 1.